The van der Waals surface area contributed by atoms with E-state index in [0.29, 0.717) is 19.6 Å². The molecule has 0 saturated carbocycles. The number of hydrogen-bond donors (Lipinski definition) is 0. The van der Waals surface area contributed by atoms with Gasteiger partial charge in [-0.3, -0.25) is 9.69 Å². The van der Waals surface area contributed by atoms with Gasteiger partial charge in [-0.2, -0.15) is 0 Å². The number of carbonyl (C=O) groups is 1. The maximum absolute atomic E-state index is 11.4. The summed E-state index contributed by atoms with van der Waals surface area (Å²) < 4.78 is 11.3. The number of rotatable bonds is 11. The second-order valence-corrected chi connectivity index (χ2v) is 8.48. The van der Waals surface area contributed by atoms with Crippen molar-refractivity contribution in [2.24, 2.45) is 0 Å². The quantitative estimate of drug-likeness (QED) is 0.323. The average Bonchev–Trinajstić information content (AvgIpc) is 2.79. The molecule has 2 aromatic carbocycles. The predicted octanol–water partition coefficient (Wildman–Crippen LogP) is 6.11. The van der Waals surface area contributed by atoms with E-state index in [9.17, 15) is 4.79 Å². The van der Waals surface area contributed by atoms with Gasteiger partial charge in [0.05, 0.1) is 13.2 Å². The van der Waals surface area contributed by atoms with Gasteiger partial charge in [0, 0.05) is 19.5 Å². The Morgan fingerprint density at radius 3 is 2.39 bits per heavy atom. The Morgan fingerprint density at radius 2 is 1.68 bits per heavy atom. The molecule has 1 unspecified atom stereocenters. The summed E-state index contributed by atoms with van der Waals surface area (Å²) in [5, 5.41) is 0. The first-order valence-corrected chi connectivity index (χ1v) is 11.8. The first kappa shape index (κ1) is 23.5. The highest BCUT2D eigenvalue weighted by molar-refractivity contribution is 5.69. The molecule has 31 heavy (non-hydrogen) atoms. The van der Waals surface area contributed by atoms with Gasteiger partial charge in [0.15, 0.2) is 0 Å². The lowest BCUT2D eigenvalue weighted by molar-refractivity contribution is -0.143. The average molecular weight is 424 g/mol. The Kier molecular flexibility index (Phi) is 9.57. The van der Waals surface area contributed by atoms with Crippen molar-refractivity contribution in [2.45, 2.75) is 71.6 Å². The minimum absolute atomic E-state index is 0.0740. The minimum Gasteiger partial charge on any atom is -0.466 e. The van der Waals surface area contributed by atoms with Crippen molar-refractivity contribution in [3.8, 4) is 11.1 Å². The molecule has 0 N–H and O–H groups in total. The molecule has 1 atom stereocenters. The van der Waals surface area contributed by atoms with Gasteiger partial charge in [-0.25, -0.2) is 0 Å². The Labute approximate surface area is 187 Å². The van der Waals surface area contributed by atoms with Crippen LogP contribution in [0.5, 0.6) is 0 Å². The standard InChI is InChI=1S/C27H37NO3/c1-3-30-27(29)10-5-4-7-19-28-20-8-6-9-26(28)31-21-23-13-17-25(18-14-23)24-15-11-22(2)12-16-24/h11-18,26H,3-10,19-21H2,1-2H3. The molecule has 0 aromatic heterocycles. The zero-order chi connectivity index (χ0) is 21.9. The van der Waals surface area contributed by atoms with Gasteiger partial charge in [-0.05, 0) is 62.6 Å². The molecule has 1 aliphatic heterocycles. The molecule has 2 aromatic rings. The normalized spacial score (nSPS) is 16.9. The summed E-state index contributed by atoms with van der Waals surface area (Å²) in [7, 11) is 0. The van der Waals surface area contributed by atoms with Crippen LogP contribution in [0.1, 0.15) is 63.0 Å². The van der Waals surface area contributed by atoms with Gasteiger partial charge in [0.25, 0.3) is 0 Å². The van der Waals surface area contributed by atoms with E-state index in [1.165, 1.54) is 35.1 Å². The topological polar surface area (TPSA) is 38.8 Å². The van der Waals surface area contributed by atoms with Crippen molar-refractivity contribution < 1.29 is 14.3 Å². The molecule has 4 nitrogen and oxygen atoms in total. The van der Waals surface area contributed by atoms with Crippen LogP contribution < -0.4 is 0 Å². The summed E-state index contributed by atoms with van der Waals surface area (Å²) in [6, 6.07) is 17.4. The predicted molar refractivity (Wildman–Crippen MR) is 126 cm³/mol. The van der Waals surface area contributed by atoms with Crippen molar-refractivity contribution in [2.75, 3.05) is 19.7 Å². The van der Waals surface area contributed by atoms with Gasteiger partial charge in [-0.1, -0.05) is 60.5 Å². The molecule has 3 rings (SSSR count). The fraction of sp³-hybridized carbons (Fsp3) is 0.519. The third kappa shape index (κ3) is 7.79. The molecule has 0 bridgehead atoms. The molecule has 1 heterocycles. The lowest BCUT2D eigenvalue weighted by Gasteiger charge is -2.35. The Hall–Kier alpha value is -2.17. The summed E-state index contributed by atoms with van der Waals surface area (Å²) >= 11 is 0. The first-order chi connectivity index (χ1) is 15.2. The number of esters is 1. The number of piperidine rings is 1. The number of unbranched alkanes of at least 4 members (excludes halogenated alkanes) is 2. The van der Waals surface area contributed by atoms with Crippen LogP contribution >= 0.6 is 0 Å². The SMILES string of the molecule is CCOC(=O)CCCCCN1CCCCC1OCc1ccc(-c2ccc(C)cc2)cc1. The molecule has 1 aliphatic rings. The Morgan fingerprint density at radius 1 is 0.968 bits per heavy atom. The van der Waals surface area contributed by atoms with Crippen molar-refractivity contribution in [3.63, 3.8) is 0 Å². The highest BCUT2D eigenvalue weighted by Gasteiger charge is 2.22. The van der Waals surface area contributed by atoms with E-state index in [-0.39, 0.29) is 12.2 Å². The van der Waals surface area contributed by atoms with Gasteiger partial charge in [0.2, 0.25) is 0 Å². The van der Waals surface area contributed by atoms with E-state index in [4.69, 9.17) is 9.47 Å². The van der Waals surface area contributed by atoms with Crippen molar-refractivity contribution in [3.05, 3.63) is 59.7 Å². The van der Waals surface area contributed by atoms with Gasteiger partial charge in [-0.15, -0.1) is 0 Å². The van der Waals surface area contributed by atoms with E-state index in [1.54, 1.807) is 0 Å². The van der Waals surface area contributed by atoms with Gasteiger partial charge in [0.1, 0.15) is 6.23 Å². The fourth-order valence-electron chi connectivity index (χ4n) is 4.13. The summed E-state index contributed by atoms with van der Waals surface area (Å²) in [5.41, 5.74) is 4.99. The molecule has 0 amide bonds. The summed E-state index contributed by atoms with van der Waals surface area (Å²) in [6.45, 7) is 7.24. The fourth-order valence-corrected chi connectivity index (χ4v) is 4.13. The molecule has 0 spiro atoms. The molecular formula is C27H37NO3. The van der Waals surface area contributed by atoms with E-state index in [0.717, 1.165) is 38.8 Å². The van der Waals surface area contributed by atoms with E-state index >= 15 is 0 Å². The second kappa shape index (κ2) is 12.6. The Bertz CT molecular complexity index is 785. The van der Waals surface area contributed by atoms with Crippen molar-refractivity contribution in [1.29, 1.82) is 0 Å². The number of likely N-dealkylation sites (tertiary alicyclic amines) is 1. The lowest BCUT2D eigenvalue weighted by atomic mass is 10.0. The number of benzene rings is 2. The smallest absolute Gasteiger partial charge is 0.305 e. The largest absolute Gasteiger partial charge is 0.466 e. The second-order valence-electron chi connectivity index (χ2n) is 8.48. The third-order valence-corrected chi connectivity index (χ3v) is 5.97. The summed E-state index contributed by atoms with van der Waals surface area (Å²) in [5.74, 6) is -0.0740. The van der Waals surface area contributed by atoms with E-state index in [2.05, 4.69) is 60.4 Å². The minimum atomic E-state index is -0.0740. The van der Waals surface area contributed by atoms with Crippen LogP contribution in [-0.4, -0.2) is 36.8 Å². The maximum atomic E-state index is 11.4. The van der Waals surface area contributed by atoms with Crippen molar-refractivity contribution >= 4 is 5.97 Å². The van der Waals surface area contributed by atoms with E-state index < -0.39 is 0 Å². The van der Waals surface area contributed by atoms with Crippen LogP contribution in [0.25, 0.3) is 11.1 Å². The lowest BCUT2D eigenvalue weighted by Crippen LogP contribution is -2.41. The van der Waals surface area contributed by atoms with E-state index in [1.807, 2.05) is 6.92 Å². The highest BCUT2D eigenvalue weighted by atomic mass is 16.5. The van der Waals surface area contributed by atoms with Crippen LogP contribution in [0.15, 0.2) is 48.5 Å². The van der Waals surface area contributed by atoms with Crippen LogP contribution in [0.2, 0.25) is 0 Å². The number of ether oxygens (including phenoxy) is 2. The molecule has 0 radical (unpaired) electrons. The Balaban J connectivity index is 1.42. The zero-order valence-electron chi connectivity index (χ0n) is 19.1. The number of carbonyl (C=O) groups excluding carboxylic acids is 1. The third-order valence-electron chi connectivity index (χ3n) is 5.97. The molecule has 0 aliphatic carbocycles. The molecule has 168 valence electrons. The number of hydrogen-bond acceptors (Lipinski definition) is 4. The summed E-state index contributed by atoms with van der Waals surface area (Å²) in [4.78, 5) is 13.9. The van der Waals surface area contributed by atoms with Crippen LogP contribution in [0.4, 0.5) is 0 Å². The van der Waals surface area contributed by atoms with Crippen molar-refractivity contribution in [1.82, 2.24) is 4.90 Å². The van der Waals surface area contributed by atoms with Crippen LogP contribution in [0.3, 0.4) is 0 Å². The monoisotopic (exact) mass is 423 g/mol. The first-order valence-electron chi connectivity index (χ1n) is 11.8. The van der Waals surface area contributed by atoms with Crippen LogP contribution in [0, 0.1) is 6.92 Å². The summed E-state index contributed by atoms with van der Waals surface area (Å²) in [6.07, 6.45) is 7.38. The highest BCUT2D eigenvalue weighted by Crippen LogP contribution is 2.23. The van der Waals surface area contributed by atoms with Gasteiger partial charge < -0.3 is 9.47 Å². The molecular weight excluding hydrogens is 386 g/mol. The molecule has 4 heteroatoms. The van der Waals surface area contributed by atoms with Crippen LogP contribution in [-0.2, 0) is 20.9 Å². The van der Waals surface area contributed by atoms with Gasteiger partial charge >= 0.3 is 5.97 Å². The zero-order valence-corrected chi connectivity index (χ0v) is 19.1. The molecule has 1 saturated heterocycles. The number of aryl methyl sites for hydroxylation is 1. The maximum Gasteiger partial charge on any atom is 0.305 e. The number of nitrogens with zero attached hydrogens (tertiary/aromatic N) is 1. The molecule has 1 fully saturated rings.